The van der Waals surface area contributed by atoms with Crippen molar-refractivity contribution in [1.82, 2.24) is 40.0 Å². The first-order valence-electron chi connectivity index (χ1n) is 12.4. The summed E-state index contributed by atoms with van der Waals surface area (Å²) in [6, 6.07) is 5.72. The molecule has 188 valence electrons. The Morgan fingerprint density at radius 1 is 0.973 bits per heavy atom. The van der Waals surface area contributed by atoms with E-state index in [1.807, 2.05) is 38.2 Å². The van der Waals surface area contributed by atoms with Crippen LogP contribution in [0.25, 0.3) is 44.8 Å². The molecule has 0 bridgehead atoms. The Kier molecular flexibility index (Phi) is 5.76. The maximum absolute atomic E-state index is 12.1. The first-order chi connectivity index (χ1) is 18.0. The number of nitrogens with zero attached hydrogens (tertiary/aromatic N) is 7. The van der Waals surface area contributed by atoms with Crippen LogP contribution in [0.3, 0.4) is 0 Å². The standard InChI is InChI=1S/C26H28N10O/c1-15(2)26(37)29-17-10-16(11-27-12-17)18-4-5-19-23(30-18)24(34-33-19)25-31-20-13-28-14-21(22(20)32-25)36-8-6-35(3)7-9-36/h4-5,10-15H,6-9H2,1-3H3,(H,29,37)(H,31,32)(H,33,34). The third-order valence-corrected chi connectivity index (χ3v) is 6.68. The Bertz CT molecular complexity index is 1600. The number of carbonyl (C=O) groups excluding carboxylic acids is 1. The number of H-pyrrole nitrogens is 2. The lowest BCUT2D eigenvalue weighted by Crippen LogP contribution is -2.44. The van der Waals surface area contributed by atoms with Crippen LogP contribution in [-0.2, 0) is 4.79 Å². The van der Waals surface area contributed by atoms with Crippen molar-refractivity contribution in [3.63, 3.8) is 0 Å². The van der Waals surface area contributed by atoms with Gasteiger partial charge in [0.2, 0.25) is 5.91 Å². The number of imidazole rings is 1. The quantitative estimate of drug-likeness (QED) is 0.338. The van der Waals surface area contributed by atoms with Gasteiger partial charge in [-0.05, 0) is 25.2 Å². The van der Waals surface area contributed by atoms with E-state index in [0.29, 0.717) is 22.7 Å². The van der Waals surface area contributed by atoms with E-state index >= 15 is 0 Å². The summed E-state index contributed by atoms with van der Waals surface area (Å²) in [7, 11) is 2.14. The first kappa shape index (κ1) is 23.0. The van der Waals surface area contributed by atoms with E-state index in [0.717, 1.165) is 59.7 Å². The summed E-state index contributed by atoms with van der Waals surface area (Å²) in [6.45, 7) is 7.57. The molecule has 6 heterocycles. The van der Waals surface area contributed by atoms with Gasteiger partial charge in [-0.25, -0.2) is 9.97 Å². The summed E-state index contributed by atoms with van der Waals surface area (Å²) < 4.78 is 0. The van der Waals surface area contributed by atoms with E-state index in [4.69, 9.17) is 9.97 Å². The van der Waals surface area contributed by atoms with Gasteiger partial charge < -0.3 is 20.1 Å². The van der Waals surface area contributed by atoms with Gasteiger partial charge >= 0.3 is 0 Å². The molecule has 1 fully saturated rings. The lowest BCUT2D eigenvalue weighted by Gasteiger charge is -2.33. The highest BCUT2D eigenvalue weighted by Crippen LogP contribution is 2.31. The van der Waals surface area contributed by atoms with Crippen LogP contribution in [0.5, 0.6) is 0 Å². The number of rotatable bonds is 5. The Morgan fingerprint density at radius 3 is 2.59 bits per heavy atom. The summed E-state index contributed by atoms with van der Waals surface area (Å²) in [5.41, 5.74) is 7.03. The zero-order chi connectivity index (χ0) is 25.5. The van der Waals surface area contributed by atoms with E-state index < -0.39 is 0 Å². The van der Waals surface area contributed by atoms with Gasteiger partial charge in [-0.3, -0.25) is 19.9 Å². The molecule has 0 unspecified atom stereocenters. The Hall–Kier alpha value is -4.38. The fourth-order valence-corrected chi connectivity index (χ4v) is 4.47. The maximum atomic E-state index is 12.1. The molecule has 37 heavy (non-hydrogen) atoms. The van der Waals surface area contributed by atoms with E-state index in [9.17, 15) is 4.79 Å². The van der Waals surface area contributed by atoms with Crippen LogP contribution in [-0.4, -0.2) is 79.2 Å². The highest BCUT2D eigenvalue weighted by Gasteiger charge is 2.21. The Labute approximate surface area is 213 Å². The average molecular weight is 497 g/mol. The molecule has 11 nitrogen and oxygen atoms in total. The summed E-state index contributed by atoms with van der Waals surface area (Å²) in [4.78, 5) is 38.7. The Morgan fingerprint density at radius 2 is 1.78 bits per heavy atom. The molecule has 3 N–H and O–H groups in total. The van der Waals surface area contributed by atoms with Crippen LogP contribution >= 0.6 is 0 Å². The van der Waals surface area contributed by atoms with Crippen molar-refractivity contribution in [2.45, 2.75) is 13.8 Å². The third-order valence-electron chi connectivity index (χ3n) is 6.68. The molecule has 0 saturated carbocycles. The maximum Gasteiger partial charge on any atom is 0.226 e. The predicted octanol–water partition coefficient (Wildman–Crippen LogP) is 3.30. The first-order valence-corrected chi connectivity index (χ1v) is 12.4. The minimum Gasteiger partial charge on any atom is -0.366 e. The molecule has 0 radical (unpaired) electrons. The smallest absolute Gasteiger partial charge is 0.226 e. The van der Waals surface area contributed by atoms with Crippen molar-refractivity contribution in [3.05, 3.63) is 43.0 Å². The molecule has 1 amide bonds. The minimum absolute atomic E-state index is 0.0604. The number of hydrogen-bond acceptors (Lipinski definition) is 8. The lowest BCUT2D eigenvalue weighted by molar-refractivity contribution is -0.118. The molecule has 6 rings (SSSR count). The SMILES string of the molecule is CC(C)C(=O)Nc1cncc(-c2ccc3[nH]nc(-c4nc5c(N6CCN(C)CC6)cncc5[nH]4)c3n2)c1. The van der Waals surface area contributed by atoms with Crippen molar-refractivity contribution >= 4 is 39.3 Å². The van der Waals surface area contributed by atoms with Crippen LogP contribution in [0.2, 0.25) is 0 Å². The average Bonchev–Trinajstić information content (AvgIpc) is 3.53. The molecule has 1 aliphatic rings. The van der Waals surface area contributed by atoms with E-state index in [2.05, 4.69) is 47.3 Å². The van der Waals surface area contributed by atoms with Gasteiger partial charge in [-0.15, -0.1) is 0 Å². The zero-order valence-electron chi connectivity index (χ0n) is 21.0. The van der Waals surface area contributed by atoms with Gasteiger partial charge in [-0.2, -0.15) is 5.10 Å². The van der Waals surface area contributed by atoms with Gasteiger partial charge in [-0.1, -0.05) is 13.8 Å². The van der Waals surface area contributed by atoms with E-state index in [-0.39, 0.29) is 11.8 Å². The number of carbonyl (C=O) groups is 1. The summed E-state index contributed by atoms with van der Waals surface area (Å²) in [5, 5.41) is 10.5. The van der Waals surface area contributed by atoms with Crippen LogP contribution < -0.4 is 10.2 Å². The molecule has 5 aromatic heterocycles. The van der Waals surface area contributed by atoms with Gasteiger partial charge in [0.25, 0.3) is 0 Å². The van der Waals surface area contributed by atoms with E-state index in [1.54, 1.807) is 18.6 Å². The molecule has 0 aliphatic carbocycles. The van der Waals surface area contributed by atoms with Gasteiger partial charge in [0.05, 0.1) is 46.7 Å². The van der Waals surface area contributed by atoms with Crippen molar-refractivity contribution in [3.8, 4) is 22.8 Å². The number of hydrogen-bond donors (Lipinski definition) is 3. The molecule has 1 saturated heterocycles. The third kappa shape index (κ3) is 4.38. The summed E-state index contributed by atoms with van der Waals surface area (Å²) in [6.07, 6.45) is 7.04. The number of likely N-dealkylation sites (N-methyl/N-ethyl adjacent to an activating group) is 1. The van der Waals surface area contributed by atoms with Crippen molar-refractivity contribution in [1.29, 1.82) is 0 Å². The molecular formula is C26H28N10O. The number of pyridine rings is 3. The fourth-order valence-electron chi connectivity index (χ4n) is 4.47. The number of aromatic amines is 2. The van der Waals surface area contributed by atoms with Gasteiger partial charge in [0.15, 0.2) is 11.5 Å². The van der Waals surface area contributed by atoms with Crippen LogP contribution in [0.1, 0.15) is 13.8 Å². The molecule has 0 spiro atoms. The highest BCUT2D eigenvalue weighted by atomic mass is 16.1. The number of aromatic nitrogens is 7. The number of piperazine rings is 1. The number of nitrogens with one attached hydrogen (secondary N) is 3. The molecule has 0 atom stereocenters. The second-order valence-corrected chi connectivity index (χ2v) is 9.70. The van der Waals surface area contributed by atoms with E-state index in [1.165, 1.54) is 0 Å². The topological polar surface area (TPSA) is 132 Å². The number of amides is 1. The molecule has 5 aromatic rings. The minimum atomic E-state index is -0.123. The molecule has 0 aromatic carbocycles. The summed E-state index contributed by atoms with van der Waals surface area (Å²) >= 11 is 0. The summed E-state index contributed by atoms with van der Waals surface area (Å²) in [5.74, 6) is 0.447. The lowest BCUT2D eigenvalue weighted by atomic mass is 10.1. The second-order valence-electron chi connectivity index (χ2n) is 9.70. The largest absolute Gasteiger partial charge is 0.366 e. The zero-order valence-corrected chi connectivity index (χ0v) is 21.0. The second kappa shape index (κ2) is 9.25. The molecular weight excluding hydrogens is 468 g/mol. The Balaban J connectivity index is 1.36. The highest BCUT2D eigenvalue weighted by molar-refractivity contribution is 5.95. The fraction of sp³-hybridized carbons (Fsp3) is 0.308. The monoisotopic (exact) mass is 496 g/mol. The van der Waals surface area contributed by atoms with Crippen molar-refractivity contribution in [2.24, 2.45) is 5.92 Å². The van der Waals surface area contributed by atoms with Crippen LogP contribution in [0.15, 0.2) is 43.0 Å². The predicted molar refractivity (Wildman–Crippen MR) is 143 cm³/mol. The number of anilines is 2. The normalized spacial score (nSPS) is 14.6. The van der Waals surface area contributed by atoms with Crippen LogP contribution in [0.4, 0.5) is 11.4 Å². The van der Waals surface area contributed by atoms with Crippen molar-refractivity contribution < 1.29 is 4.79 Å². The van der Waals surface area contributed by atoms with Crippen molar-refractivity contribution in [2.75, 3.05) is 43.4 Å². The molecule has 1 aliphatic heterocycles. The van der Waals surface area contributed by atoms with Crippen LogP contribution in [0, 0.1) is 5.92 Å². The molecule has 11 heteroatoms. The number of fused-ring (bicyclic) bond motifs is 2. The van der Waals surface area contributed by atoms with Gasteiger partial charge in [0.1, 0.15) is 11.0 Å². The van der Waals surface area contributed by atoms with Gasteiger partial charge in [0, 0.05) is 43.9 Å².